The second-order valence-electron chi connectivity index (χ2n) is 7.16. The van der Waals surface area contributed by atoms with Gasteiger partial charge in [-0.2, -0.15) is 0 Å². The number of fused-ring (bicyclic) bond motifs is 1. The van der Waals surface area contributed by atoms with Gasteiger partial charge in [0.15, 0.2) is 0 Å². The standard InChI is InChI=1S/C17H20ClF2N3O/c1-10(11-2-3-11)23-9-12-8-13(18)21-15(14(12)16(23)24)22-6-4-17(19,20)5-7-22/h8,10-11H,2-7,9H2,1H3/t10-/m0/s1. The average molecular weight is 356 g/mol. The van der Waals surface area contributed by atoms with E-state index in [4.69, 9.17) is 11.6 Å². The zero-order valence-electron chi connectivity index (χ0n) is 13.6. The normalized spacial score (nSPS) is 24.2. The smallest absolute Gasteiger partial charge is 0.258 e. The topological polar surface area (TPSA) is 36.4 Å². The third-order valence-electron chi connectivity index (χ3n) is 5.46. The van der Waals surface area contributed by atoms with E-state index in [-0.39, 0.29) is 37.9 Å². The van der Waals surface area contributed by atoms with Gasteiger partial charge in [-0.3, -0.25) is 4.79 Å². The van der Waals surface area contributed by atoms with E-state index in [0.717, 1.165) is 18.4 Å². The van der Waals surface area contributed by atoms with E-state index in [1.165, 1.54) is 0 Å². The molecule has 0 spiro atoms. The number of piperidine rings is 1. The Balaban J connectivity index is 1.65. The van der Waals surface area contributed by atoms with Crippen molar-refractivity contribution in [3.8, 4) is 0 Å². The van der Waals surface area contributed by atoms with E-state index in [9.17, 15) is 13.6 Å². The Morgan fingerprint density at radius 3 is 2.62 bits per heavy atom. The van der Waals surface area contributed by atoms with Gasteiger partial charge in [0.05, 0.1) is 5.56 Å². The van der Waals surface area contributed by atoms with Gasteiger partial charge in [0, 0.05) is 38.5 Å². The highest BCUT2D eigenvalue weighted by Crippen LogP contribution is 2.41. The van der Waals surface area contributed by atoms with Gasteiger partial charge >= 0.3 is 0 Å². The number of alkyl halides is 2. The fraction of sp³-hybridized carbons (Fsp3) is 0.647. The van der Waals surface area contributed by atoms with Crippen LogP contribution in [-0.2, 0) is 6.54 Å². The van der Waals surface area contributed by atoms with Gasteiger partial charge in [-0.05, 0) is 37.3 Å². The maximum absolute atomic E-state index is 13.4. The van der Waals surface area contributed by atoms with Crippen LogP contribution in [0.25, 0.3) is 0 Å². The molecule has 2 fully saturated rings. The minimum absolute atomic E-state index is 0.0408. The van der Waals surface area contributed by atoms with E-state index in [1.54, 1.807) is 11.0 Å². The first-order valence-corrected chi connectivity index (χ1v) is 8.87. The molecule has 1 aromatic heterocycles. The van der Waals surface area contributed by atoms with Crippen LogP contribution in [0.1, 0.15) is 48.5 Å². The summed E-state index contributed by atoms with van der Waals surface area (Å²) in [5, 5.41) is 0.315. The lowest BCUT2D eigenvalue weighted by molar-refractivity contribution is -0.0221. The third kappa shape index (κ3) is 2.75. The molecule has 0 unspecified atom stereocenters. The quantitative estimate of drug-likeness (QED) is 0.775. The summed E-state index contributed by atoms with van der Waals surface area (Å²) < 4.78 is 26.9. The van der Waals surface area contributed by atoms with Gasteiger partial charge in [-0.1, -0.05) is 11.6 Å². The molecule has 7 heteroatoms. The average Bonchev–Trinajstić information content (AvgIpc) is 3.31. The first-order valence-electron chi connectivity index (χ1n) is 8.49. The number of hydrogen-bond acceptors (Lipinski definition) is 3. The Morgan fingerprint density at radius 1 is 1.33 bits per heavy atom. The molecular formula is C17H20ClF2N3O. The number of carbonyl (C=O) groups excluding carboxylic acids is 1. The molecule has 0 N–H and O–H groups in total. The van der Waals surface area contributed by atoms with Crippen LogP contribution >= 0.6 is 11.6 Å². The number of carbonyl (C=O) groups is 1. The molecule has 130 valence electrons. The molecule has 1 saturated carbocycles. The number of hydrogen-bond donors (Lipinski definition) is 0. The van der Waals surface area contributed by atoms with Crippen molar-refractivity contribution in [2.24, 2.45) is 5.92 Å². The van der Waals surface area contributed by atoms with E-state index in [1.807, 2.05) is 4.90 Å². The van der Waals surface area contributed by atoms with Crippen LogP contribution in [0, 0.1) is 5.92 Å². The van der Waals surface area contributed by atoms with Crippen molar-refractivity contribution in [3.05, 3.63) is 22.3 Å². The summed E-state index contributed by atoms with van der Waals surface area (Å²) in [5.41, 5.74) is 1.41. The molecule has 24 heavy (non-hydrogen) atoms. The van der Waals surface area contributed by atoms with Crippen molar-refractivity contribution in [2.75, 3.05) is 18.0 Å². The number of anilines is 1. The Labute approximate surface area is 144 Å². The van der Waals surface area contributed by atoms with Crippen molar-refractivity contribution >= 4 is 23.3 Å². The summed E-state index contributed by atoms with van der Waals surface area (Å²) >= 11 is 6.14. The summed E-state index contributed by atoms with van der Waals surface area (Å²) in [4.78, 5) is 20.9. The van der Waals surface area contributed by atoms with Gasteiger partial charge in [0.1, 0.15) is 11.0 Å². The zero-order chi connectivity index (χ0) is 17.1. The predicted octanol–water partition coefficient (Wildman–Crippen LogP) is 3.72. The summed E-state index contributed by atoms with van der Waals surface area (Å²) in [6.07, 6.45) is 1.89. The molecule has 1 aromatic rings. The van der Waals surface area contributed by atoms with E-state index in [0.29, 0.717) is 29.0 Å². The van der Waals surface area contributed by atoms with Crippen molar-refractivity contribution < 1.29 is 13.6 Å². The maximum Gasteiger partial charge on any atom is 0.258 e. The largest absolute Gasteiger partial charge is 0.355 e. The van der Waals surface area contributed by atoms with Gasteiger partial charge < -0.3 is 9.80 Å². The zero-order valence-corrected chi connectivity index (χ0v) is 14.3. The molecular weight excluding hydrogens is 336 g/mol. The first kappa shape index (κ1) is 16.1. The molecule has 1 aliphatic carbocycles. The van der Waals surface area contributed by atoms with Crippen LogP contribution in [0.3, 0.4) is 0 Å². The van der Waals surface area contributed by atoms with Crippen LogP contribution < -0.4 is 4.90 Å². The molecule has 0 radical (unpaired) electrons. The van der Waals surface area contributed by atoms with Crippen LogP contribution in [0.15, 0.2) is 6.07 Å². The molecule has 2 aliphatic heterocycles. The highest BCUT2D eigenvalue weighted by atomic mass is 35.5. The minimum atomic E-state index is -2.63. The van der Waals surface area contributed by atoms with E-state index >= 15 is 0 Å². The SMILES string of the molecule is C[C@@H](C1CC1)N1Cc2cc(Cl)nc(N3CCC(F)(F)CC3)c2C1=O. The monoisotopic (exact) mass is 355 g/mol. The number of aromatic nitrogens is 1. The second kappa shape index (κ2) is 5.55. The molecule has 4 nitrogen and oxygen atoms in total. The highest BCUT2D eigenvalue weighted by Gasteiger charge is 2.42. The molecule has 3 aliphatic rings. The summed E-state index contributed by atoms with van der Waals surface area (Å²) in [5.74, 6) is -1.62. The van der Waals surface area contributed by atoms with Gasteiger partial charge in [0.25, 0.3) is 11.8 Å². The lowest BCUT2D eigenvalue weighted by Gasteiger charge is -2.33. The van der Waals surface area contributed by atoms with Crippen molar-refractivity contribution in [2.45, 2.75) is 51.1 Å². The van der Waals surface area contributed by atoms with E-state index in [2.05, 4.69) is 11.9 Å². The Morgan fingerprint density at radius 2 is 2.00 bits per heavy atom. The number of rotatable bonds is 3. The Hall–Kier alpha value is -1.43. The molecule has 0 bridgehead atoms. The van der Waals surface area contributed by atoms with E-state index < -0.39 is 5.92 Å². The Kier molecular flexibility index (Phi) is 3.71. The number of nitrogens with zero attached hydrogens (tertiary/aromatic N) is 3. The van der Waals surface area contributed by atoms with Crippen LogP contribution in [0.2, 0.25) is 5.15 Å². The molecule has 4 rings (SSSR count). The van der Waals surface area contributed by atoms with Gasteiger partial charge in [-0.15, -0.1) is 0 Å². The summed E-state index contributed by atoms with van der Waals surface area (Å²) in [6, 6.07) is 1.93. The first-order chi connectivity index (χ1) is 11.4. The Bertz CT molecular complexity index is 683. The molecule has 3 heterocycles. The molecule has 1 saturated heterocycles. The van der Waals surface area contributed by atoms with Crippen LogP contribution in [-0.4, -0.2) is 40.8 Å². The number of halogens is 3. The summed E-state index contributed by atoms with van der Waals surface area (Å²) in [7, 11) is 0. The van der Waals surface area contributed by atoms with Crippen molar-refractivity contribution in [1.82, 2.24) is 9.88 Å². The minimum Gasteiger partial charge on any atom is -0.355 e. The third-order valence-corrected chi connectivity index (χ3v) is 5.65. The molecule has 1 atom stereocenters. The molecule has 0 aromatic carbocycles. The van der Waals surface area contributed by atoms with Gasteiger partial charge in [-0.25, -0.2) is 13.8 Å². The second-order valence-corrected chi connectivity index (χ2v) is 7.54. The number of amides is 1. The highest BCUT2D eigenvalue weighted by molar-refractivity contribution is 6.29. The lowest BCUT2D eigenvalue weighted by Crippen LogP contribution is -2.41. The van der Waals surface area contributed by atoms with Crippen LogP contribution in [0.5, 0.6) is 0 Å². The lowest BCUT2D eigenvalue weighted by atomic mass is 10.1. The van der Waals surface area contributed by atoms with Gasteiger partial charge in [0.2, 0.25) is 0 Å². The maximum atomic E-state index is 13.4. The van der Waals surface area contributed by atoms with Crippen molar-refractivity contribution in [1.29, 1.82) is 0 Å². The fourth-order valence-electron chi connectivity index (χ4n) is 3.74. The van der Waals surface area contributed by atoms with Crippen molar-refractivity contribution in [3.63, 3.8) is 0 Å². The fourth-order valence-corrected chi connectivity index (χ4v) is 3.95. The van der Waals surface area contributed by atoms with Crippen LogP contribution in [0.4, 0.5) is 14.6 Å². The summed E-state index contributed by atoms with van der Waals surface area (Å²) in [6.45, 7) is 3.00. The number of pyridine rings is 1. The molecule has 1 amide bonds. The predicted molar refractivity (Wildman–Crippen MR) is 87.7 cm³/mol.